The van der Waals surface area contributed by atoms with Gasteiger partial charge in [-0.3, -0.25) is 9.59 Å². The number of hydrogen-bond donors (Lipinski definition) is 1. The third-order valence-electron chi connectivity index (χ3n) is 4.01. The van der Waals surface area contributed by atoms with Crippen LogP contribution in [0.3, 0.4) is 0 Å². The van der Waals surface area contributed by atoms with E-state index in [0.717, 1.165) is 11.4 Å². The number of hydrogen-bond acceptors (Lipinski definition) is 6. The molecule has 0 bridgehead atoms. The molecular formula is C17H20ClN5O3. The zero-order valence-corrected chi connectivity index (χ0v) is 15.5. The van der Waals surface area contributed by atoms with Crippen LogP contribution in [0.1, 0.15) is 11.4 Å². The topological polar surface area (TPSA) is 105 Å². The Kier molecular flexibility index (Phi) is 5.79. The molecule has 3 heterocycles. The van der Waals surface area contributed by atoms with Gasteiger partial charge in [-0.25, -0.2) is 9.97 Å². The summed E-state index contributed by atoms with van der Waals surface area (Å²) in [5, 5.41) is 0. The molecule has 3 aromatic rings. The van der Waals surface area contributed by atoms with Crippen molar-refractivity contribution in [3.05, 3.63) is 52.5 Å². The summed E-state index contributed by atoms with van der Waals surface area (Å²) in [5.74, 6) is -0.480. The molecule has 138 valence electrons. The SMILES string of the molecule is COC(=O)[C@@H](N)Cc1ccc(-c2nc(C)cn(C)c2=O)c2nccn12.Cl. The molecule has 0 aliphatic rings. The maximum atomic E-state index is 12.5. The van der Waals surface area contributed by atoms with Gasteiger partial charge < -0.3 is 19.4 Å². The minimum absolute atomic E-state index is 0. The molecule has 1 atom stereocenters. The summed E-state index contributed by atoms with van der Waals surface area (Å²) in [7, 11) is 2.99. The lowest BCUT2D eigenvalue weighted by Crippen LogP contribution is -2.34. The molecule has 0 radical (unpaired) electrons. The average molecular weight is 378 g/mol. The largest absolute Gasteiger partial charge is 0.468 e. The van der Waals surface area contributed by atoms with Crippen molar-refractivity contribution in [1.29, 1.82) is 0 Å². The quantitative estimate of drug-likeness (QED) is 0.676. The maximum Gasteiger partial charge on any atom is 0.323 e. The minimum atomic E-state index is -0.772. The molecule has 8 nitrogen and oxygen atoms in total. The van der Waals surface area contributed by atoms with Crippen LogP contribution in [0.25, 0.3) is 16.9 Å². The molecule has 0 amide bonds. The number of carbonyl (C=O) groups excluding carboxylic acids is 1. The van der Waals surface area contributed by atoms with E-state index >= 15 is 0 Å². The zero-order chi connectivity index (χ0) is 18.1. The van der Waals surface area contributed by atoms with Gasteiger partial charge >= 0.3 is 5.97 Å². The average Bonchev–Trinajstić information content (AvgIpc) is 3.08. The lowest BCUT2D eigenvalue weighted by Gasteiger charge is -2.13. The smallest absolute Gasteiger partial charge is 0.323 e. The highest BCUT2D eigenvalue weighted by Gasteiger charge is 2.19. The molecule has 0 spiro atoms. The van der Waals surface area contributed by atoms with Gasteiger partial charge in [0.15, 0.2) is 0 Å². The fourth-order valence-electron chi connectivity index (χ4n) is 2.81. The molecule has 0 fully saturated rings. The lowest BCUT2D eigenvalue weighted by atomic mass is 10.1. The number of fused-ring (bicyclic) bond motifs is 1. The predicted molar refractivity (Wildman–Crippen MR) is 99.3 cm³/mol. The summed E-state index contributed by atoms with van der Waals surface area (Å²) < 4.78 is 7.98. The third kappa shape index (κ3) is 3.47. The monoisotopic (exact) mass is 377 g/mol. The molecular weight excluding hydrogens is 358 g/mol. The second-order valence-electron chi connectivity index (χ2n) is 5.84. The molecule has 0 aromatic carbocycles. The van der Waals surface area contributed by atoms with E-state index in [2.05, 4.69) is 14.7 Å². The van der Waals surface area contributed by atoms with Gasteiger partial charge in [-0.2, -0.15) is 0 Å². The number of imidazole rings is 1. The molecule has 26 heavy (non-hydrogen) atoms. The molecule has 0 aliphatic carbocycles. The van der Waals surface area contributed by atoms with Crippen molar-refractivity contribution in [2.75, 3.05) is 7.11 Å². The second kappa shape index (κ2) is 7.67. The summed E-state index contributed by atoms with van der Waals surface area (Å²) in [5.41, 5.74) is 8.74. The van der Waals surface area contributed by atoms with Crippen LogP contribution < -0.4 is 11.3 Å². The van der Waals surface area contributed by atoms with Crippen molar-refractivity contribution in [3.8, 4) is 11.3 Å². The van der Waals surface area contributed by atoms with Crippen LogP contribution in [0.2, 0.25) is 0 Å². The molecule has 3 aromatic heterocycles. The van der Waals surface area contributed by atoms with Crippen LogP contribution in [-0.2, 0) is 23.0 Å². The first-order valence-electron chi connectivity index (χ1n) is 7.75. The molecule has 2 N–H and O–H groups in total. The van der Waals surface area contributed by atoms with Gasteiger partial charge in [0.25, 0.3) is 5.56 Å². The van der Waals surface area contributed by atoms with Crippen molar-refractivity contribution in [2.24, 2.45) is 12.8 Å². The van der Waals surface area contributed by atoms with Crippen molar-refractivity contribution >= 4 is 24.0 Å². The van der Waals surface area contributed by atoms with E-state index in [1.807, 2.05) is 17.4 Å². The van der Waals surface area contributed by atoms with Crippen LogP contribution in [0.4, 0.5) is 0 Å². The summed E-state index contributed by atoms with van der Waals surface area (Å²) in [6.45, 7) is 1.83. The fourth-order valence-corrected chi connectivity index (χ4v) is 2.81. The number of esters is 1. The van der Waals surface area contributed by atoms with E-state index < -0.39 is 12.0 Å². The number of rotatable bonds is 4. The standard InChI is InChI=1S/C17H19N5O3.ClH/c1-10-9-21(2)16(23)14(20-10)12-5-4-11(8-13(18)17(24)25-3)22-7-6-19-15(12)22;/h4-7,9,13H,8,18H2,1-3H3;1H/t13-;/m0./s1. The van der Waals surface area contributed by atoms with Crippen molar-refractivity contribution < 1.29 is 9.53 Å². The van der Waals surface area contributed by atoms with Gasteiger partial charge in [0.2, 0.25) is 0 Å². The molecule has 0 saturated carbocycles. The summed E-state index contributed by atoms with van der Waals surface area (Å²) in [6.07, 6.45) is 5.36. The van der Waals surface area contributed by atoms with E-state index in [1.54, 1.807) is 31.7 Å². The minimum Gasteiger partial charge on any atom is -0.468 e. The first-order chi connectivity index (χ1) is 11.9. The Balaban J connectivity index is 0.00000243. The Morgan fingerprint density at radius 1 is 1.38 bits per heavy atom. The number of aromatic nitrogens is 4. The lowest BCUT2D eigenvalue weighted by molar-refractivity contribution is -0.142. The summed E-state index contributed by atoms with van der Waals surface area (Å²) >= 11 is 0. The number of methoxy groups -OCH3 is 1. The van der Waals surface area contributed by atoms with Gasteiger partial charge in [0.05, 0.1) is 12.8 Å². The third-order valence-corrected chi connectivity index (χ3v) is 4.01. The van der Waals surface area contributed by atoms with Crippen LogP contribution in [0.5, 0.6) is 0 Å². The van der Waals surface area contributed by atoms with Crippen LogP contribution >= 0.6 is 12.4 Å². The van der Waals surface area contributed by atoms with Crippen molar-refractivity contribution in [3.63, 3.8) is 0 Å². The number of nitrogens with two attached hydrogens (primary N) is 1. The van der Waals surface area contributed by atoms with E-state index in [-0.39, 0.29) is 18.0 Å². The number of nitrogens with zero attached hydrogens (tertiary/aromatic N) is 4. The number of ether oxygens (including phenoxy) is 1. The van der Waals surface area contributed by atoms with Gasteiger partial charge in [-0.15, -0.1) is 12.4 Å². The maximum absolute atomic E-state index is 12.5. The van der Waals surface area contributed by atoms with Crippen LogP contribution in [0, 0.1) is 6.92 Å². The normalized spacial score (nSPS) is 11.8. The Hall–Kier alpha value is -2.71. The van der Waals surface area contributed by atoms with Crippen LogP contribution in [-0.4, -0.2) is 38.1 Å². The Morgan fingerprint density at radius 3 is 2.81 bits per heavy atom. The van der Waals surface area contributed by atoms with Gasteiger partial charge in [-0.05, 0) is 19.1 Å². The number of halogens is 1. The second-order valence-corrected chi connectivity index (χ2v) is 5.84. The first-order valence-corrected chi connectivity index (χ1v) is 7.75. The molecule has 0 aliphatic heterocycles. The molecule has 3 rings (SSSR count). The number of aryl methyl sites for hydroxylation is 2. The Morgan fingerprint density at radius 2 is 2.12 bits per heavy atom. The van der Waals surface area contributed by atoms with Gasteiger partial charge in [-0.1, -0.05) is 0 Å². The van der Waals surface area contributed by atoms with Gasteiger partial charge in [0, 0.05) is 43.3 Å². The van der Waals surface area contributed by atoms with E-state index in [0.29, 0.717) is 23.3 Å². The van der Waals surface area contributed by atoms with E-state index in [4.69, 9.17) is 5.73 Å². The summed E-state index contributed by atoms with van der Waals surface area (Å²) in [6, 6.07) is 2.83. The van der Waals surface area contributed by atoms with Crippen LogP contribution in [0.15, 0.2) is 35.5 Å². The Labute approximate surface area is 156 Å². The number of pyridine rings is 1. The van der Waals surface area contributed by atoms with Crippen molar-refractivity contribution in [2.45, 2.75) is 19.4 Å². The molecule has 0 unspecified atom stereocenters. The van der Waals surface area contributed by atoms with E-state index in [9.17, 15) is 9.59 Å². The predicted octanol–water partition coefficient (Wildman–Crippen LogP) is 0.868. The molecule has 0 saturated heterocycles. The highest BCUT2D eigenvalue weighted by atomic mass is 35.5. The fraction of sp³-hybridized carbons (Fsp3) is 0.294. The van der Waals surface area contributed by atoms with E-state index in [1.165, 1.54) is 11.7 Å². The van der Waals surface area contributed by atoms with Crippen molar-refractivity contribution in [1.82, 2.24) is 18.9 Å². The highest BCUT2D eigenvalue weighted by molar-refractivity contribution is 5.85. The molecule has 9 heteroatoms. The number of carbonyl (C=O) groups is 1. The Bertz CT molecular complexity index is 1010. The highest BCUT2D eigenvalue weighted by Crippen LogP contribution is 2.21. The zero-order valence-electron chi connectivity index (χ0n) is 14.7. The summed E-state index contributed by atoms with van der Waals surface area (Å²) in [4.78, 5) is 32.8. The van der Waals surface area contributed by atoms with Gasteiger partial charge in [0.1, 0.15) is 17.4 Å². The first kappa shape index (κ1) is 19.6.